The molecule has 0 spiro atoms. The van der Waals surface area contributed by atoms with E-state index < -0.39 is 6.61 Å². The number of amides is 1. The third kappa shape index (κ3) is 4.92. The van der Waals surface area contributed by atoms with Crippen LogP contribution in [0.15, 0.2) is 65.1 Å². The van der Waals surface area contributed by atoms with Crippen molar-refractivity contribution in [2.75, 3.05) is 6.54 Å². The van der Waals surface area contributed by atoms with Crippen LogP contribution in [-0.4, -0.2) is 19.1 Å². The van der Waals surface area contributed by atoms with Crippen LogP contribution in [0.2, 0.25) is 0 Å². The number of ether oxygens (including phenoxy) is 1. The van der Waals surface area contributed by atoms with Crippen LogP contribution in [0.5, 0.6) is 5.75 Å². The largest absolute Gasteiger partial charge is 0.457 e. The third-order valence-electron chi connectivity index (χ3n) is 3.70. The van der Waals surface area contributed by atoms with E-state index in [1.807, 2.05) is 30.3 Å². The van der Waals surface area contributed by atoms with Gasteiger partial charge in [0.25, 0.3) is 0 Å². The minimum absolute atomic E-state index is 0.113. The number of nitrogens with one attached hydrogen (secondary N) is 1. The second kappa shape index (κ2) is 8.29. The van der Waals surface area contributed by atoms with Crippen molar-refractivity contribution < 1.29 is 22.7 Å². The van der Waals surface area contributed by atoms with Gasteiger partial charge in [0.1, 0.15) is 17.1 Å². The Morgan fingerprint density at radius 2 is 1.92 bits per heavy atom. The Kier molecular flexibility index (Phi) is 5.63. The highest BCUT2D eigenvalue weighted by molar-refractivity contribution is 5.92. The molecular formula is C20H17F2NO3. The van der Waals surface area contributed by atoms with E-state index in [4.69, 9.17) is 4.42 Å². The Bertz CT molecular complexity index is 868. The van der Waals surface area contributed by atoms with Gasteiger partial charge in [0.15, 0.2) is 0 Å². The lowest BCUT2D eigenvalue weighted by Crippen LogP contribution is -2.23. The summed E-state index contributed by atoms with van der Waals surface area (Å²) in [5.41, 5.74) is 1.68. The van der Waals surface area contributed by atoms with Crippen LogP contribution in [0.4, 0.5) is 8.78 Å². The van der Waals surface area contributed by atoms with Gasteiger partial charge in [0.05, 0.1) is 0 Å². The Balaban J connectivity index is 1.46. The summed E-state index contributed by atoms with van der Waals surface area (Å²) in [7, 11) is 0. The normalized spacial score (nSPS) is 11.3. The van der Waals surface area contributed by atoms with E-state index in [0.29, 0.717) is 18.7 Å². The zero-order valence-electron chi connectivity index (χ0n) is 13.8. The lowest BCUT2D eigenvalue weighted by atomic mass is 10.1. The maximum absolute atomic E-state index is 12.1. The predicted octanol–water partition coefficient (Wildman–Crippen LogP) is 4.41. The number of fused-ring (bicyclic) bond motifs is 1. The first-order chi connectivity index (χ1) is 12.6. The van der Waals surface area contributed by atoms with Crippen molar-refractivity contribution in [1.82, 2.24) is 5.32 Å². The average molecular weight is 357 g/mol. The van der Waals surface area contributed by atoms with E-state index in [1.54, 1.807) is 18.2 Å². The summed E-state index contributed by atoms with van der Waals surface area (Å²) in [6, 6.07) is 15.8. The lowest BCUT2D eigenvalue weighted by Gasteiger charge is -2.06. The van der Waals surface area contributed by atoms with E-state index >= 15 is 0 Å². The van der Waals surface area contributed by atoms with Gasteiger partial charge in [-0.3, -0.25) is 4.79 Å². The van der Waals surface area contributed by atoms with Gasteiger partial charge in [-0.1, -0.05) is 30.3 Å². The molecule has 1 amide bonds. The number of rotatable bonds is 7. The van der Waals surface area contributed by atoms with Crippen molar-refractivity contribution in [1.29, 1.82) is 0 Å². The quantitative estimate of drug-likeness (QED) is 0.638. The number of benzene rings is 2. The molecule has 0 saturated heterocycles. The molecule has 2 aromatic carbocycles. The van der Waals surface area contributed by atoms with Crippen LogP contribution >= 0.6 is 0 Å². The first-order valence-corrected chi connectivity index (χ1v) is 8.08. The number of furan rings is 1. The Labute approximate surface area is 149 Å². The molecule has 26 heavy (non-hydrogen) atoms. The summed E-state index contributed by atoms with van der Waals surface area (Å²) in [5, 5.41) is 3.74. The molecule has 0 atom stereocenters. The van der Waals surface area contributed by atoms with Gasteiger partial charge in [0.2, 0.25) is 5.91 Å². The lowest BCUT2D eigenvalue weighted by molar-refractivity contribution is -0.116. The second-order valence-electron chi connectivity index (χ2n) is 5.58. The molecule has 3 aromatic rings. The highest BCUT2D eigenvalue weighted by atomic mass is 19.3. The molecule has 0 bridgehead atoms. The van der Waals surface area contributed by atoms with Gasteiger partial charge in [-0.05, 0) is 42.3 Å². The molecule has 3 rings (SSSR count). The topological polar surface area (TPSA) is 51.5 Å². The molecule has 6 heteroatoms. The summed E-state index contributed by atoms with van der Waals surface area (Å²) in [4.78, 5) is 11.9. The predicted molar refractivity (Wildman–Crippen MR) is 95.0 cm³/mol. The molecule has 1 N–H and O–H groups in total. The Morgan fingerprint density at radius 3 is 2.65 bits per heavy atom. The Hall–Kier alpha value is -3.15. The molecule has 0 fully saturated rings. The minimum atomic E-state index is -2.83. The van der Waals surface area contributed by atoms with Gasteiger partial charge in [-0.15, -0.1) is 0 Å². The van der Waals surface area contributed by atoms with Crippen LogP contribution in [0.25, 0.3) is 17.0 Å². The zero-order valence-corrected chi connectivity index (χ0v) is 13.8. The summed E-state index contributed by atoms with van der Waals surface area (Å²) in [6.45, 7) is -2.41. The smallest absolute Gasteiger partial charge is 0.387 e. The van der Waals surface area contributed by atoms with E-state index in [2.05, 4.69) is 10.1 Å². The number of carbonyl (C=O) groups excluding carboxylic acids is 1. The first kappa shape index (κ1) is 17.7. The second-order valence-corrected chi connectivity index (χ2v) is 5.58. The van der Waals surface area contributed by atoms with Gasteiger partial charge in [-0.2, -0.15) is 8.78 Å². The van der Waals surface area contributed by atoms with Crippen LogP contribution < -0.4 is 10.1 Å². The zero-order chi connectivity index (χ0) is 18.4. The monoisotopic (exact) mass is 357 g/mol. The molecule has 0 aliphatic carbocycles. The first-order valence-electron chi connectivity index (χ1n) is 8.08. The van der Waals surface area contributed by atoms with Crippen LogP contribution in [0, 0.1) is 0 Å². The fraction of sp³-hybridized carbons (Fsp3) is 0.150. The summed E-state index contributed by atoms with van der Waals surface area (Å²) >= 11 is 0. The molecule has 0 saturated carbocycles. The van der Waals surface area contributed by atoms with E-state index in [9.17, 15) is 13.6 Å². The molecule has 4 nitrogen and oxygen atoms in total. The number of para-hydroxylation sites is 1. The number of hydrogen-bond acceptors (Lipinski definition) is 3. The molecule has 0 radical (unpaired) electrons. The van der Waals surface area contributed by atoms with Gasteiger partial charge in [-0.25, -0.2) is 0 Å². The van der Waals surface area contributed by atoms with E-state index in [0.717, 1.165) is 16.5 Å². The fourth-order valence-electron chi connectivity index (χ4n) is 2.47. The minimum Gasteiger partial charge on any atom is -0.457 e. The summed E-state index contributed by atoms with van der Waals surface area (Å²) in [6.07, 6.45) is 3.61. The molecule has 0 aliphatic heterocycles. The van der Waals surface area contributed by atoms with E-state index in [-0.39, 0.29) is 11.7 Å². The summed E-state index contributed by atoms with van der Waals surface area (Å²) in [5.74, 6) is 0.487. The molecule has 134 valence electrons. The van der Waals surface area contributed by atoms with Gasteiger partial charge < -0.3 is 14.5 Å². The number of carbonyl (C=O) groups is 1. The molecule has 1 aromatic heterocycles. The standard InChI is InChI=1S/C20H17F2NO3/c21-20(22)26-16-7-5-14(6-8-16)11-12-23-19(24)10-9-17-13-15-3-1-2-4-18(15)25-17/h1-10,13,20H,11-12H2,(H,23,24)/b10-9+. The highest BCUT2D eigenvalue weighted by Gasteiger charge is 2.04. The van der Waals surface area contributed by atoms with Crippen molar-refractivity contribution in [2.45, 2.75) is 13.0 Å². The van der Waals surface area contributed by atoms with Crippen molar-refractivity contribution in [3.05, 3.63) is 72.0 Å². The average Bonchev–Trinajstić information content (AvgIpc) is 3.04. The van der Waals surface area contributed by atoms with Gasteiger partial charge >= 0.3 is 6.61 Å². The third-order valence-corrected chi connectivity index (χ3v) is 3.70. The number of alkyl halides is 2. The van der Waals surface area contributed by atoms with Crippen molar-refractivity contribution in [3.63, 3.8) is 0 Å². The molecule has 1 heterocycles. The maximum atomic E-state index is 12.1. The van der Waals surface area contributed by atoms with Crippen LogP contribution in [0.3, 0.4) is 0 Å². The number of halogens is 2. The van der Waals surface area contributed by atoms with Crippen molar-refractivity contribution in [2.24, 2.45) is 0 Å². The Morgan fingerprint density at radius 1 is 1.15 bits per heavy atom. The highest BCUT2D eigenvalue weighted by Crippen LogP contribution is 2.19. The molecular weight excluding hydrogens is 340 g/mol. The van der Waals surface area contributed by atoms with Crippen LogP contribution in [-0.2, 0) is 11.2 Å². The SMILES string of the molecule is O=C(/C=C/c1cc2ccccc2o1)NCCc1ccc(OC(F)F)cc1. The fourth-order valence-corrected chi connectivity index (χ4v) is 2.47. The molecule has 0 unspecified atom stereocenters. The van der Waals surface area contributed by atoms with E-state index in [1.165, 1.54) is 18.2 Å². The van der Waals surface area contributed by atoms with Gasteiger partial charge in [0, 0.05) is 18.0 Å². The maximum Gasteiger partial charge on any atom is 0.387 e. The molecule has 0 aliphatic rings. The van der Waals surface area contributed by atoms with Crippen molar-refractivity contribution >= 4 is 23.0 Å². The number of hydrogen-bond donors (Lipinski definition) is 1. The van der Waals surface area contributed by atoms with Crippen LogP contribution in [0.1, 0.15) is 11.3 Å². The van der Waals surface area contributed by atoms with Crippen molar-refractivity contribution in [3.8, 4) is 5.75 Å². The summed E-state index contributed by atoms with van der Waals surface area (Å²) < 4.78 is 34.1.